The molecule has 0 bridgehead atoms. The van der Waals surface area contributed by atoms with Gasteiger partial charge in [0.25, 0.3) is 0 Å². The number of urea groups is 1. The topological polar surface area (TPSA) is 112 Å². The number of carbonyl (C=O) groups is 2. The number of nitrogens with one attached hydrogen (secondary N) is 2. The van der Waals surface area contributed by atoms with Crippen molar-refractivity contribution in [3.63, 3.8) is 0 Å². The quantitative estimate of drug-likeness (QED) is 0.589. The lowest BCUT2D eigenvalue weighted by Gasteiger charge is -2.13. The van der Waals surface area contributed by atoms with Gasteiger partial charge in [0.1, 0.15) is 0 Å². The molecule has 2 amide bonds. The van der Waals surface area contributed by atoms with Crippen molar-refractivity contribution >= 4 is 17.7 Å². The van der Waals surface area contributed by atoms with Crippen molar-refractivity contribution in [1.82, 2.24) is 10.3 Å². The van der Waals surface area contributed by atoms with E-state index >= 15 is 0 Å². The van der Waals surface area contributed by atoms with Gasteiger partial charge >= 0.3 is 12.0 Å². The summed E-state index contributed by atoms with van der Waals surface area (Å²) < 4.78 is 0. The summed E-state index contributed by atoms with van der Waals surface area (Å²) in [5.41, 5.74) is 1.09. The monoisotopic (exact) mass is 239 g/mol. The Kier molecular flexibility index (Phi) is 4.41. The minimum atomic E-state index is -1.33. The van der Waals surface area contributed by atoms with Crippen LogP contribution >= 0.6 is 0 Å². The predicted molar refractivity (Wildman–Crippen MR) is 59.6 cm³/mol. The summed E-state index contributed by atoms with van der Waals surface area (Å²) in [6.07, 6.45) is 1.58. The first-order valence-corrected chi connectivity index (χ1v) is 4.87. The highest BCUT2D eigenvalue weighted by molar-refractivity contribution is 5.92. The Morgan fingerprint density at radius 2 is 2.24 bits per heavy atom. The molecule has 7 nitrogen and oxygen atoms in total. The average molecular weight is 239 g/mol. The molecule has 0 aliphatic rings. The normalized spacial score (nSPS) is 11.6. The Bertz CT molecular complexity index is 422. The lowest BCUT2D eigenvalue weighted by atomic mass is 10.3. The van der Waals surface area contributed by atoms with Gasteiger partial charge in [0, 0.05) is 6.20 Å². The second-order valence-electron chi connectivity index (χ2n) is 3.31. The summed E-state index contributed by atoms with van der Waals surface area (Å²) in [4.78, 5) is 25.9. The van der Waals surface area contributed by atoms with Crippen molar-refractivity contribution in [2.75, 3.05) is 11.9 Å². The summed E-state index contributed by atoms with van der Waals surface area (Å²) >= 11 is 0. The molecule has 0 aliphatic heterocycles. The van der Waals surface area contributed by atoms with E-state index in [4.69, 9.17) is 10.2 Å². The number of carboxylic acids is 1. The maximum Gasteiger partial charge on any atom is 0.328 e. The Labute approximate surface area is 97.5 Å². The van der Waals surface area contributed by atoms with Gasteiger partial charge in [0.15, 0.2) is 6.04 Å². The Morgan fingerprint density at radius 1 is 1.53 bits per heavy atom. The van der Waals surface area contributed by atoms with E-state index in [0.717, 1.165) is 0 Å². The highest BCUT2D eigenvalue weighted by Crippen LogP contribution is 2.09. The summed E-state index contributed by atoms with van der Waals surface area (Å²) in [5, 5.41) is 21.9. The first kappa shape index (κ1) is 12.9. The van der Waals surface area contributed by atoms with E-state index in [1.165, 1.54) is 0 Å². The molecule has 1 unspecified atom stereocenters. The zero-order valence-corrected chi connectivity index (χ0v) is 9.17. The van der Waals surface area contributed by atoms with Gasteiger partial charge in [0.05, 0.1) is 18.0 Å². The summed E-state index contributed by atoms with van der Waals surface area (Å²) in [6.45, 7) is 1.03. The maximum absolute atomic E-state index is 11.4. The number of aryl methyl sites for hydroxylation is 1. The number of rotatable bonds is 4. The number of carboxylic acid groups (broad SMARTS) is 1. The standard InChI is InChI=1S/C10H13N3O4/c1-6-7(3-2-4-11-6)12-10(17)13-8(5-14)9(15)16/h2-4,8,14H,5H2,1H3,(H,15,16)(H2,12,13,17). The predicted octanol–water partition coefficient (Wildman–Crippen LogP) is -0.0430. The van der Waals surface area contributed by atoms with Gasteiger partial charge in [-0.25, -0.2) is 9.59 Å². The number of anilines is 1. The Hall–Kier alpha value is -2.15. The van der Waals surface area contributed by atoms with Gasteiger partial charge in [-0.2, -0.15) is 0 Å². The number of aliphatic carboxylic acids is 1. The smallest absolute Gasteiger partial charge is 0.328 e. The number of hydrogen-bond donors (Lipinski definition) is 4. The molecule has 0 saturated carbocycles. The van der Waals surface area contributed by atoms with Gasteiger partial charge in [-0.05, 0) is 19.1 Å². The molecule has 0 fully saturated rings. The average Bonchev–Trinajstić information content (AvgIpc) is 2.28. The Morgan fingerprint density at radius 3 is 2.76 bits per heavy atom. The zero-order chi connectivity index (χ0) is 12.8. The van der Waals surface area contributed by atoms with Crippen molar-refractivity contribution in [3.05, 3.63) is 24.0 Å². The number of carbonyl (C=O) groups excluding carboxylic acids is 1. The van der Waals surface area contributed by atoms with Gasteiger partial charge in [0.2, 0.25) is 0 Å². The first-order valence-electron chi connectivity index (χ1n) is 4.87. The molecule has 0 saturated heterocycles. The van der Waals surface area contributed by atoms with Crippen LogP contribution in [0.15, 0.2) is 18.3 Å². The SMILES string of the molecule is Cc1ncccc1NC(=O)NC(CO)C(=O)O. The molecule has 0 radical (unpaired) electrons. The number of hydrogen-bond acceptors (Lipinski definition) is 4. The number of pyridine rings is 1. The van der Waals surface area contributed by atoms with Gasteiger partial charge in [-0.1, -0.05) is 0 Å². The van der Waals surface area contributed by atoms with E-state index in [-0.39, 0.29) is 0 Å². The molecular formula is C10H13N3O4. The van der Waals surface area contributed by atoms with Crippen LogP contribution in [0.4, 0.5) is 10.5 Å². The molecule has 1 aromatic heterocycles. The van der Waals surface area contributed by atoms with Crippen LogP contribution in [0.3, 0.4) is 0 Å². The lowest BCUT2D eigenvalue weighted by molar-refractivity contribution is -0.140. The van der Waals surface area contributed by atoms with Crippen LogP contribution in [0.5, 0.6) is 0 Å². The van der Waals surface area contributed by atoms with Crippen LogP contribution in [0.25, 0.3) is 0 Å². The number of aromatic nitrogens is 1. The molecular weight excluding hydrogens is 226 g/mol. The van der Waals surface area contributed by atoms with Crippen molar-refractivity contribution < 1.29 is 19.8 Å². The molecule has 1 rings (SSSR count). The van der Waals surface area contributed by atoms with E-state index in [1.807, 2.05) is 0 Å². The van der Waals surface area contributed by atoms with Crippen LogP contribution in [-0.2, 0) is 4.79 Å². The molecule has 7 heteroatoms. The second kappa shape index (κ2) is 5.80. The van der Waals surface area contributed by atoms with E-state index in [2.05, 4.69) is 15.6 Å². The van der Waals surface area contributed by atoms with Crippen LogP contribution in [0.2, 0.25) is 0 Å². The minimum absolute atomic E-state index is 0.479. The Balaban J connectivity index is 2.61. The molecule has 1 atom stereocenters. The number of aliphatic hydroxyl groups is 1. The van der Waals surface area contributed by atoms with Crippen molar-refractivity contribution in [3.8, 4) is 0 Å². The van der Waals surface area contributed by atoms with Crippen molar-refractivity contribution in [2.45, 2.75) is 13.0 Å². The van der Waals surface area contributed by atoms with Crippen molar-refractivity contribution in [2.24, 2.45) is 0 Å². The van der Waals surface area contributed by atoms with Crippen molar-refractivity contribution in [1.29, 1.82) is 0 Å². The number of aliphatic hydroxyl groups excluding tert-OH is 1. The van der Waals surface area contributed by atoms with Crippen LogP contribution in [0.1, 0.15) is 5.69 Å². The van der Waals surface area contributed by atoms with E-state index in [1.54, 1.807) is 25.3 Å². The van der Waals surface area contributed by atoms with E-state index < -0.39 is 24.6 Å². The molecule has 92 valence electrons. The molecule has 0 aromatic carbocycles. The second-order valence-corrected chi connectivity index (χ2v) is 3.31. The van der Waals surface area contributed by atoms with Crippen LogP contribution in [-0.4, -0.2) is 39.8 Å². The molecule has 0 aliphatic carbocycles. The summed E-state index contributed by atoms with van der Waals surface area (Å²) in [6, 6.07) is 1.24. The molecule has 1 heterocycles. The molecule has 1 aromatic rings. The van der Waals surface area contributed by atoms with Gasteiger partial charge < -0.3 is 20.8 Å². The minimum Gasteiger partial charge on any atom is -0.480 e. The molecule has 4 N–H and O–H groups in total. The van der Waals surface area contributed by atoms with Gasteiger partial charge in [-0.15, -0.1) is 0 Å². The highest BCUT2D eigenvalue weighted by atomic mass is 16.4. The fraction of sp³-hybridized carbons (Fsp3) is 0.300. The molecule has 17 heavy (non-hydrogen) atoms. The lowest BCUT2D eigenvalue weighted by Crippen LogP contribution is -2.45. The fourth-order valence-electron chi connectivity index (χ4n) is 1.12. The highest BCUT2D eigenvalue weighted by Gasteiger charge is 2.18. The van der Waals surface area contributed by atoms with E-state index in [9.17, 15) is 9.59 Å². The maximum atomic E-state index is 11.4. The fourth-order valence-corrected chi connectivity index (χ4v) is 1.12. The summed E-state index contributed by atoms with van der Waals surface area (Å²) in [7, 11) is 0. The number of nitrogens with zero attached hydrogens (tertiary/aromatic N) is 1. The number of amides is 2. The summed E-state index contributed by atoms with van der Waals surface area (Å²) in [5.74, 6) is -1.30. The van der Waals surface area contributed by atoms with Gasteiger partial charge in [-0.3, -0.25) is 4.98 Å². The van der Waals surface area contributed by atoms with Crippen LogP contribution in [0, 0.1) is 6.92 Å². The first-order chi connectivity index (χ1) is 8.04. The third kappa shape index (κ3) is 3.72. The zero-order valence-electron chi connectivity index (χ0n) is 9.17. The largest absolute Gasteiger partial charge is 0.480 e. The van der Waals surface area contributed by atoms with E-state index in [0.29, 0.717) is 11.4 Å². The van der Waals surface area contributed by atoms with Crippen LogP contribution < -0.4 is 10.6 Å². The third-order valence-corrected chi connectivity index (χ3v) is 2.04. The molecule has 0 spiro atoms. The third-order valence-electron chi connectivity index (χ3n) is 2.04.